The van der Waals surface area contributed by atoms with Gasteiger partial charge in [0.25, 0.3) is 0 Å². The van der Waals surface area contributed by atoms with Crippen molar-refractivity contribution in [1.82, 2.24) is 25.2 Å². The molecule has 0 saturated carbocycles. The standard InChI is InChI=1S/C21H23F3N6O/c1-15-3-4-17(18(9-15)31-13-21(22,23)24)12-29-20(25-2)28-11-16-5-6-27-19(10-16)30-8-7-26-14-30/h3-10,14H,11-13H2,1-2H3,(H2,25,28,29). The molecule has 0 amide bonds. The van der Waals surface area contributed by atoms with Crippen LogP contribution in [0.25, 0.3) is 5.82 Å². The first-order valence-corrected chi connectivity index (χ1v) is 9.51. The van der Waals surface area contributed by atoms with Crippen LogP contribution in [0.1, 0.15) is 16.7 Å². The summed E-state index contributed by atoms with van der Waals surface area (Å²) in [4.78, 5) is 12.5. The summed E-state index contributed by atoms with van der Waals surface area (Å²) in [5.74, 6) is 1.44. The Morgan fingerprint density at radius 3 is 2.65 bits per heavy atom. The molecule has 0 fully saturated rings. The number of aryl methyl sites for hydroxylation is 1. The fraction of sp³-hybridized carbons (Fsp3) is 0.286. The quantitative estimate of drug-likeness (QED) is 0.442. The van der Waals surface area contributed by atoms with Crippen LogP contribution in [0.4, 0.5) is 13.2 Å². The summed E-state index contributed by atoms with van der Waals surface area (Å²) in [5, 5.41) is 6.28. The van der Waals surface area contributed by atoms with Crippen LogP contribution in [0.3, 0.4) is 0 Å². The lowest BCUT2D eigenvalue weighted by Crippen LogP contribution is -2.36. The molecule has 3 rings (SSSR count). The van der Waals surface area contributed by atoms with Crippen LogP contribution in [-0.2, 0) is 13.1 Å². The van der Waals surface area contributed by atoms with Gasteiger partial charge in [-0.2, -0.15) is 13.2 Å². The fourth-order valence-corrected chi connectivity index (χ4v) is 2.79. The summed E-state index contributed by atoms with van der Waals surface area (Å²) in [6.45, 7) is 1.20. The first-order valence-electron chi connectivity index (χ1n) is 9.51. The molecular formula is C21H23F3N6O. The zero-order valence-electron chi connectivity index (χ0n) is 17.1. The van der Waals surface area contributed by atoms with Crippen molar-refractivity contribution in [3.8, 4) is 11.6 Å². The van der Waals surface area contributed by atoms with Crippen LogP contribution >= 0.6 is 0 Å². The zero-order chi connectivity index (χ0) is 22.3. The third-order valence-electron chi connectivity index (χ3n) is 4.32. The minimum atomic E-state index is -4.40. The molecule has 0 saturated heterocycles. The van der Waals surface area contributed by atoms with Gasteiger partial charge in [-0.15, -0.1) is 0 Å². The van der Waals surface area contributed by atoms with Gasteiger partial charge in [0.1, 0.15) is 17.9 Å². The predicted molar refractivity (Wildman–Crippen MR) is 111 cm³/mol. The lowest BCUT2D eigenvalue weighted by atomic mass is 10.1. The second-order valence-electron chi connectivity index (χ2n) is 6.79. The maximum Gasteiger partial charge on any atom is 0.422 e. The number of alkyl halides is 3. The summed E-state index contributed by atoms with van der Waals surface area (Å²) in [7, 11) is 1.62. The first-order chi connectivity index (χ1) is 14.8. The zero-order valence-corrected chi connectivity index (χ0v) is 17.1. The van der Waals surface area contributed by atoms with Crippen molar-refractivity contribution in [3.05, 3.63) is 71.9 Å². The molecule has 0 aliphatic carbocycles. The van der Waals surface area contributed by atoms with Gasteiger partial charge in [0.15, 0.2) is 12.6 Å². The van der Waals surface area contributed by atoms with Crippen molar-refractivity contribution in [2.24, 2.45) is 4.99 Å². The minimum Gasteiger partial charge on any atom is -0.484 e. The molecule has 2 aromatic heterocycles. The molecule has 2 N–H and O–H groups in total. The van der Waals surface area contributed by atoms with Crippen LogP contribution in [0.5, 0.6) is 5.75 Å². The Bertz CT molecular complexity index is 1020. The van der Waals surface area contributed by atoms with E-state index in [1.807, 2.05) is 18.2 Å². The summed E-state index contributed by atoms with van der Waals surface area (Å²) in [6.07, 6.45) is 2.46. The summed E-state index contributed by atoms with van der Waals surface area (Å²) >= 11 is 0. The number of ether oxygens (including phenoxy) is 1. The predicted octanol–water partition coefficient (Wildman–Crippen LogP) is 3.38. The maximum atomic E-state index is 12.5. The summed E-state index contributed by atoms with van der Waals surface area (Å²) in [5.41, 5.74) is 2.39. The molecule has 0 bridgehead atoms. The Morgan fingerprint density at radius 2 is 1.94 bits per heavy atom. The number of imidazole rings is 1. The molecule has 0 unspecified atom stereocenters. The lowest BCUT2D eigenvalue weighted by Gasteiger charge is -2.16. The molecule has 31 heavy (non-hydrogen) atoms. The molecule has 0 atom stereocenters. The number of benzene rings is 1. The lowest BCUT2D eigenvalue weighted by molar-refractivity contribution is -0.153. The number of nitrogens with zero attached hydrogens (tertiary/aromatic N) is 4. The van der Waals surface area contributed by atoms with Crippen molar-refractivity contribution >= 4 is 5.96 Å². The molecule has 10 heteroatoms. The van der Waals surface area contributed by atoms with Crippen LogP contribution in [-0.4, -0.2) is 40.3 Å². The van der Waals surface area contributed by atoms with E-state index in [-0.39, 0.29) is 12.3 Å². The highest BCUT2D eigenvalue weighted by Crippen LogP contribution is 2.23. The SMILES string of the molecule is CN=C(NCc1ccnc(-n2ccnc2)c1)NCc1ccc(C)cc1OCC(F)(F)F. The van der Waals surface area contributed by atoms with Crippen LogP contribution < -0.4 is 15.4 Å². The van der Waals surface area contributed by atoms with E-state index in [1.165, 1.54) is 0 Å². The van der Waals surface area contributed by atoms with Crippen molar-refractivity contribution < 1.29 is 17.9 Å². The van der Waals surface area contributed by atoms with Gasteiger partial charge < -0.3 is 15.4 Å². The largest absolute Gasteiger partial charge is 0.484 e. The number of aromatic nitrogens is 3. The Morgan fingerprint density at radius 1 is 1.13 bits per heavy atom. The molecule has 164 valence electrons. The van der Waals surface area contributed by atoms with E-state index in [2.05, 4.69) is 25.6 Å². The number of hydrogen-bond donors (Lipinski definition) is 2. The number of guanidine groups is 1. The van der Waals surface area contributed by atoms with Gasteiger partial charge in [-0.05, 0) is 36.2 Å². The van der Waals surface area contributed by atoms with E-state index in [4.69, 9.17) is 4.74 Å². The van der Waals surface area contributed by atoms with E-state index >= 15 is 0 Å². The Labute approximate surface area is 178 Å². The highest BCUT2D eigenvalue weighted by atomic mass is 19.4. The molecule has 0 radical (unpaired) electrons. The third kappa shape index (κ3) is 6.73. The second-order valence-corrected chi connectivity index (χ2v) is 6.79. The molecule has 3 aromatic rings. The number of halogens is 3. The van der Waals surface area contributed by atoms with Crippen molar-refractivity contribution in [2.75, 3.05) is 13.7 Å². The highest BCUT2D eigenvalue weighted by Gasteiger charge is 2.28. The van der Waals surface area contributed by atoms with Crippen LogP contribution in [0, 0.1) is 6.92 Å². The van der Waals surface area contributed by atoms with Gasteiger partial charge in [0, 0.05) is 44.3 Å². The summed E-state index contributed by atoms with van der Waals surface area (Å²) in [6, 6.07) is 8.95. The Kier molecular flexibility index (Phi) is 7.11. The van der Waals surface area contributed by atoms with Crippen molar-refractivity contribution in [3.63, 3.8) is 0 Å². The van der Waals surface area contributed by atoms with Gasteiger partial charge in [-0.25, -0.2) is 9.97 Å². The van der Waals surface area contributed by atoms with Gasteiger partial charge in [0.05, 0.1) is 0 Å². The normalized spacial score (nSPS) is 12.0. The Hall–Kier alpha value is -3.56. The van der Waals surface area contributed by atoms with Crippen LogP contribution in [0.2, 0.25) is 0 Å². The molecule has 1 aromatic carbocycles. The summed E-state index contributed by atoms with van der Waals surface area (Å²) < 4.78 is 44.4. The molecule has 7 nitrogen and oxygen atoms in total. The number of nitrogens with one attached hydrogen (secondary N) is 2. The molecule has 0 aliphatic rings. The van der Waals surface area contributed by atoms with E-state index in [1.54, 1.807) is 55.6 Å². The number of aliphatic imine (C=N–C) groups is 1. The third-order valence-corrected chi connectivity index (χ3v) is 4.32. The minimum absolute atomic E-state index is 0.194. The van der Waals surface area contributed by atoms with E-state index in [0.29, 0.717) is 18.1 Å². The monoisotopic (exact) mass is 432 g/mol. The smallest absolute Gasteiger partial charge is 0.422 e. The van der Waals surface area contributed by atoms with E-state index in [0.717, 1.165) is 16.9 Å². The topological polar surface area (TPSA) is 76.4 Å². The van der Waals surface area contributed by atoms with E-state index in [9.17, 15) is 13.2 Å². The molecular weight excluding hydrogens is 409 g/mol. The average molecular weight is 432 g/mol. The number of hydrogen-bond acceptors (Lipinski definition) is 4. The highest BCUT2D eigenvalue weighted by molar-refractivity contribution is 5.79. The molecule has 2 heterocycles. The molecule has 0 spiro atoms. The van der Waals surface area contributed by atoms with Gasteiger partial charge in [-0.1, -0.05) is 12.1 Å². The van der Waals surface area contributed by atoms with Crippen molar-refractivity contribution in [2.45, 2.75) is 26.2 Å². The van der Waals surface area contributed by atoms with Gasteiger partial charge in [-0.3, -0.25) is 9.56 Å². The second kappa shape index (κ2) is 9.96. The fourth-order valence-electron chi connectivity index (χ4n) is 2.79. The van der Waals surface area contributed by atoms with Gasteiger partial charge >= 0.3 is 6.18 Å². The number of rotatable bonds is 7. The van der Waals surface area contributed by atoms with Gasteiger partial charge in [0.2, 0.25) is 0 Å². The van der Waals surface area contributed by atoms with E-state index < -0.39 is 12.8 Å². The Balaban J connectivity index is 1.60. The van der Waals surface area contributed by atoms with Crippen LogP contribution in [0.15, 0.2) is 60.2 Å². The molecule has 0 aliphatic heterocycles. The first kappa shape index (κ1) is 22.1. The number of pyridine rings is 1. The maximum absolute atomic E-state index is 12.5. The van der Waals surface area contributed by atoms with Crippen molar-refractivity contribution in [1.29, 1.82) is 0 Å². The average Bonchev–Trinajstić information content (AvgIpc) is 3.28.